The number of hydrogen-bond acceptors (Lipinski definition) is 2. The van der Waals surface area contributed by atoms with Crippen LogP contribution in [0, 0.1) is 5.92 Å². The molecule has 1 aliphatic heterocycles. The van der Waals surface area contributed by atoms with Gasteiger partial charge in [0.25, 0.3) is 0 Å². The second-order valence-electron chi connectivity index (χ2n) is 5.82. The Balaban J connectivity index is 0.00000121. The van der Waals surface area contributed by atoms with Gasteiger partial charge in [-0.1, -0.05) is 24.3 Å². The van der Waals surface area contributed by atoms with Gasteiger partial charge in [-0.2, -0.15) is 0 Å². The van der Waals surface area contributed by atoms with E-state index in [9.17, 15) is 0 Å². The van der Waals surface area contributed by atoms with Crippen LogP contribution in [-0.2, 0) is 6.42 Å². The van der Waals surface area contributed by atoms with Crippen LogP contribution in [0.15, 0.2) is 42.7 Å². The maximum Gasteiger partial charge on any atom is 0.0346 e. The van der Waals surface area contributed by atoms with Crippen LogP contribution in [0.4, 0.5) is 0 Å². The molecule has 1 aromatic carbocycles. The van der Waals surface area contributed by atoms with Crippen molar-refractivity contribution in [3.05, 3.63) is 53.9 Å². The number of halogens is 1. The Hall–Kier alpha value is -1.38. The van der Waals surface area contributed by atoms with Crippen molar-refractivity contribution < 1.29 is 0 Å². The van der Waals surface area contributed by atoms with E-state index in [0.29, 0.717) is 0 Å². The molecule has 3 heteroatoms. The predicted octanol–water partition coefficient (Wildman–Crippen LogP) is 3.42. The van der Waals surface area contributed by atoms with E-state index in [1.807, 2.05) is 18.5 Å². The average Bonchev–Trinajstić information content (AvgIpc) is 2.48. The van der Waals surface area contributed by atoms with Gasteiger partial charge in [-0.05, 0) is 59.5 Å². The molecule has 2 aliphatic rings. The molecule has 20 heavy (non-hydrogen) atoms. The van der Waals surface area contributed by atoms with Crippen molar-refractivity contribution in [1.29, 1.82) is 0 Å². The highest BCUT2D eigenvalue weighted by Crippen LogP contribution is 2.38. The van der Waals surface area contributed by atoms with E-state index >= 15 is 0 Å². The fourth-order valence-corrected chi connectivity index (χ4v) is 3.63. The number of rotatable bonds is 1. The van der Waals surface area contributed by atoms with Crippen LogP contribution in [0.5, 0.6) is 0 Å². The molecule has 1 aliphatic carbocycles. The standard InChI is InChI=1S/C17H18N2.ClH/c1-2-14(10-18-5-1)13-3-4-17-15(8-13)6-12-7-16(17)11-19-9-12;/h1-5,8,10,12,16,19H,6-7,9,11H2;1H. The van der Waals surface area contributed by atoms with Gasteiger partial charge in [-0.15, -0.1) is 12.4 Å². The van der Waals surface area contributed by atoms with Crippen LogP contribution in [0.25, 0.3) is 11.1 Å². The molecule has 2 heterocycles. The van der Waals surface area contributed by atoms with Crippen LogP contribution in [0.3, 0.4) is 0 Å². The molecular formula is C17H19ClN2. The highest BCUT2D eigenvalue weighted by Gasteiger charge is 2.30. The second kappa shape index (κ2) is 5.55. The van der Waals surface area contributed by atoms with Gasteiger partial charge < -0.3 is 5.32 Å². The number of aromatic nitrogens is 1. The highest BCUT2D eigenvalue weighted by molar-refractivity contribution is 5.85. The van der Waals surface area contributed by atoms with Gasteiger partial charge in [0.05, 0.1) is 0 Å². The smallest absolute Gasteiger partial charge is 0.0346 e. The van der Waals surface area contributed by atoms with Crippen molar-refractivity contribution in [2.45, 2.75) is 18.8 Å². The number of benzene rings is 1. The topological polar surface area (TPSA) is 24.9 Å². The summed E-state index contributed by atoms with van der Waals surface area (Å²) in [7, 11) is 0. The number of nitrogens with one attached hydrogen (secondary N) is 1. The maximum absolute atomic E-state index is 4.22. The third-order valence-electron chi connectivity index (χ3n) is 4.53. The monoisotopic (exact) mass is 286 g/mol. The Morgan fingerprint density at radius 3 is 2.90 bits per heavy atom. The van der Waals surface area contributed by atoms with Crippen LogP contribution in [0.2, 0.25) is 0 Å². The molecule has 1 aromatic heterocycles. The number of fused-ring (bicyclic) bond motifs is 4. The van der Waals surface area contributed by atoms with Crippen molar-refractivity contribution in [3.63, 3.8) is 0 Å². The second-order valence-corrected chi connectivity index (χ2v) is 5.82. The van der Waals surface area contributed by atoms with Crippen molar-refractivity contribution in [3.8, 4) is 11.1 Å². The molecule has 104 valence electrons. The van der Waals surface area contributed by atoms with Crippen molar-refractivity contribution >= 4 is 12.4 Å². The van der Waals surface area contributed by atoms with E-state index in [1.165, 1.54) is 30.5 Å². The lowest BCUT2D eigenvalue weighted by atomic mass is 9.74. The first-order chi connectivity index (χ1) is 9.40. The lowest BCUT2D eigenvalue weighted by molar-refractivity contribution is 0.318. The number of piperidine rings is 1. The Morgan fingerprint density at radius 1 is 1.10 bits per heavy atom. The molecule has 2 nitrogen and oxygen atoms in total. The van der Waals surface area contributed by atoms with Gasteiger partial charge in [0.15, 0.2) is 0 Å². The van der Waals surface area contributed by atoms with Crippen LogP contribution < -0.4 is 5.32 Å². The molecule has 0 amide bonds. The van der Waals surface area contributed by atoms with E-state index in [-0.39, 0.29) is 12.4 Å². The highest BCUT2D eigenvalue weighted by atomic mass is 35.5. The maximum atomic E-state index is 4.22. The first-order valence-corrected chi connectivity index (χ1v) is 7.14. The summed E-state index contributed by atoms with van der Waals surface area (Å²) in [5.41, 5.74) is 5.65. The first-order valence-electron chi connectivity index (χ1n) is 7.14. The van der Waals surface area contributed by atoms with Crippen molar-refractivity contribution in [1.82, 2.24) is 10.3 Å². The Kier molecular flexibility index (Phi) is 3.77. The van der Waals surface area contributed by atoms with Crippen molar-refractivity contribution in [2.24, 2.45) is 5.92 Å². The van der Waals surface area contributed by atoms with Crippen LogP contribution in [-0.4, -0.2) is 18.1 Å². The van der Waals surface area contributed by atoms with E-state index < -0.39 is 0 Å². The molecule has 0 saturated carbocycles. The van der Waals surface area contributed by atoms with Gasteiger partial charge in [-0.3, -0.25) is 4.98 Å². The number of nitrogens with zero attached hydrogens (tertiary/aromatic N) is 1. The SMILES string of the molecule is Cl.c1cncc(-c2ccc3c(c2)CC2CNCC3C2)c1. The minimum Gasteiger partial charge on any atom is -0.316 e. The van der Waals surface area contributed by atoms with Crippen LogP contribution in [0.1, 0.15) is 23.5 Å². The minimum atomic E-state index is 0. The predicted molar refractivity (Wildman–Crippen MR) is 84.3 cm³/mol. The molecular weight excluding hydrogens is 268 g/mol. The van der Waals surface area contributed by atoms with Gasteiger partial charge in [-0.25, -0.2) is 0 Å². The zero-order valence-corrected chi connectivity index (χ0v) is 12.2. The normalized spacial score (nSPS) is 23.6. The zero-order chi connectivity index (χ0) is 12.7. The molecule has 2 bridgehead atoms. The quantitative estimate of drug-likeness (QED) is 0.869. The van der Waals surface area contributed by atoms with Crippen LogP contribution >= 0.6 is 12.4 Å². The van der Waals surface area contributed by atoms with E-state index in [4.69, 9.17) is 0 Å². The largest absolute Gasteiger partial charge is 0.316 e. The summed E-state index contributed by atoms with van der Waals surface area (Å²) >= 11 is 0. The Labute approximate surface area is 126 Å². The van der Waals surface area contributed by atoms with Crippen molar-refractivity contribution in [2.75, 3.05) is 13.1 Å². The zero-order valence-electron chi connectivity index (χ0n) is 11.4. The fraction of sp³-hybridized carbons (Fsp3) is 0.353. The molecule has 1 N–H and O–H groups in total. The Bertz CT molecular complexity index is 597. The molecule has 2 unspecified atom stereocenters. The summed E-state index contributed by atoms with van der Waals surface area (Å²) in [5.74, 6) is 1.56. The molecule has 0 spiro atoms. The molecule has 1 saturated heterocycles. The average molecular weight is 287 g/mol. The fourth-order valence-electron chi connectivity index (χ4n) is 3.63. The molecule has 2 aromatic rings. The molecule has 4 rings (SSSR count). The van der Waals surface area contributed by atoms with E-state index in [2.05, 4.69) is 34.6 Å². The molecule has 0 radical (unpaired) electrons. The summed E-state index contributed by atoms with van der Waals surface area (Å²) in [6.45, 7) is 2.34. The third-order valence-corrected chi connectivity index (χ3v) is 4.53. The summed E-state index contributed by atoms with van der Waals surface area (Å²) in [5, 5.41) is 3.56. The van der Waals surface area contributed by atoms with Gasteiger partial charge in [0.2, 0.25) is 0 Å². The summed E-state index contributed by atoms with van der Waals surface area (Å²) in [6, 6.07) is 11.1. The number of pyridine rings is 1. The lowest BCUT2D eigenvalue weighted by Crippen LogP contribution is -2.39. The molecule has 2 atom stereocenters. The minimum absolute atomic E-state index is 0. The van der Waals surface area contributed by atoms with E-state index in [0.717, 1.165) is 18.4 Å². The summed E-state index contributed by atoms with van der Waals surface area (Å²) in [4.78, 5) is 4.22. The Morgan fingerprint density at radius 2 is 2.05 bits per heavy atom. The van der Waals surface area contributed by atoms with E-state index in [1.54, 1.807) is 11.1 Å². The summed E-state index contributed by atoms with van der Waals surface area (Å²) in [6.07, 6.45) is 6.38. The van der Waals surface area contributed by atoms with Gasteiger partial charge >= 0.3 is 0 Å². The first kappa shape index (κ1) is 13.6. The van der Waals surface area contributed by atoms with Gasteiger partial charge in [0.1, 0.15) is 0 Å². The summed E-state index contributed by atoms with van der Waals surface area (Å²) < 4.78 is 0. The van der Waals surface area contributed by atoms with Gasteiger partial charge in [0, 0.05) is 18.9 Å². The third kappa shape index (κ3) is 2.34. The number of hydrogen-bond donors (Lipinski definition) is 1. The lowest BCUT2D eigenvalue weighted by Gasteiger charge is -2.37. The molecule has 1 fully saturated rings.